The fraction of sp³-hybridized carbons (Fsp3) is 0.154. The molecule has 0 fully saturated rings. The lowest BCUT2D eigenvalue weighted by atomic mass is 9.72. The number of thiophene rings is 1. The number of hydrogen-bond acceptors (Lipinski definition) is 5. The van der Waals surface area contributed by atoms with E-state index in [4.69, 9.17) is 5.73 Å². The van der Waals surface area contributed by atoms with E-state index in [1.54, 1.807) is 17.0 Å². The standard InChI is InChI=1S/C26H20FN3OS/c27-19-6-8-20(9-7-19)30-22-12-18(16-4-2-1-3-5-16)13-23(31)25(22)24(17-10-11-32-15-17)21(14-28)26(30)29/h1-11,15,18,24H,12-13,29H2/t18-,24-/m0/s1. The molecule has 2 aliphatic rings. The Kier molecular flexibility index (Phi) is 5.12. The minimum Gasteiger partial charge on any atom is -0.384 e. The van der Waals surface area contributed by atoms with Gasteiger partial charge in [-0.2, -0.15) is 16.6 Å². The fourth-order valence-electron chi connectivity index (χ4n) is 4.75. The zero-order chi connectivity index (χ0) is 22.2. The van der Waals surface area contributed by atoms with Crippen LogP contribution in [0.3, 0.4) is 0 Å². The van der Waals surface area contributed by atoms with Gasteiger partial charge in [0.25, 0.3) is 0 Å². The van der Waals surface area contributed by atoms with Crippen LogP contribution in [0.15, 0.2) is 94.1 Å². The SMILES string of the molecule is N#CC1=C(N)N(c2ccc(F)cc2)C2=C(C(=O)C[C@@H](c3ccccc3)C2)[C@H]1c1ccsc1. The van der Waals surface area contributed by atoms with Crippen LogP contribution < -0.4 is 10.6 Å². The van der Waals surface area contributed by atoms with Gasteiger partial charge in [-0.1, -0.05) is 30.3 Å². The van der Waals surface area contributed by atoms with Crippen LogP contribution in [0.2, 0.25) is 0 Å². The molecule has 1 aliphatic carbocycles. The molecule has 0 unspecified atom stereocenters. The number of benzene rings is 2. The number of nitrogens with zero attached hydrogens (tertiary/aromatic N) is 2. The quantitative estimate of drug-likeness (QED) is 0.576. The minimum absolute atomic E-state index is 0.00459. The van der Waals surface area contributed by atoms with Gasteiger partial charge in [0.1, 0.15) is 11.6 Å². The van der Waals surface area contributed by atoms with Crippen molar-refractivity contribution in [2.24, 2.45) is 5.73 Å². The van der Waals surface area contributed by atoms with Gasteiger partial charge in [-0.05, 0) is 64.6 Å². The van der Waals surface area contributed by atoms with E-state index in [0.29, 0.717) is 29.7 Å². The van der Waals surface area contributed by atoms with Gasteiger partial charge in [-0.25, -0.2) is 4.39 Å². The van der Waals surface area contributed by atoms with Crippen LogP contribution in [0.5, 0.6) is 0 Å². The Morgan fingerprint density at radius 1 is 1.03 bits per heavy atom. The van der Waals surface area contributed by atoms with Gasteiger partial charge in [0.05, 0.1) is 17.6 Å². The highest BCUT2D eigenvalue weighted by Crippen LogP contribution is 2.49. The van der Waals surface area contributed by atoms with Crippen LogP contribution >= 0.6 is 11.3 Å². The lowest BCUT2D eigenvalue weighted by molar-refractivity contribution is -0.116. The van der Waals surface area contributed by atoms with Crippen molar-refractivity contribution >= 4 is 22.8 Å². The molecule has 2 atom stereocenters. The van der Waals surface area contributed by atoms with Gasteiger partial charge in [0, 0.05) is 23.4 Å². The maximum absolute atomic E-state index is 13.6. The molecule has 5 rings (SSSR count). The summed E-state index contributed by atoms with van der Waals surface area (Å²) in [5.41, 5.74) is 11.0. The average molecular weight is 442 g/mol. The Bertz CT molecular complexity index is 1270. The summed E-state index contributed by atoms with van der Waals surface area (Å²) in [7, 11) is 0. The van der Waals surface area contributed by atoms with Crippen LogP contribution in [-0.4, -0.2) is 5.78 Å². The Morgan fingerprint density at radius 2 is 1.78 bits per heavy atom. The number of allylic oxidation sites excluding steroid dienone is 3. The maximum atomic E-state index is 13.6. The van der Waals surface area contributed by atoms with Gasteiger partial charge in [0.15, 0.2) is 5.78 Å². The fourth-order valence-corrected chi connectivity index (χ4v) is 5.43. The topological polar surface area (TPSA) is 70.1 Å². The van der Waals surface area contributed by atoms with Crippen molar-refractivity contribution in [1.29, 1.82) is 5.26 Å². The summed E-state index contributed by atoms with van der Waals surface area (Å²) in [5, 5.41) is 13.9. The molecule has 2 heterocycles. The average Bonchev–Trinajstić information content (AvgIpc) is 3.34. The van der Waals surface area contributed by atoms with Crippen molar-refractivity contribution < 1.29 is 9.18 Å². The Balaban J connectivity index is 1.71. The molecule has 158 valence electrons. The van der Waals surface area contributed by atoms with Crippen molar-refractivity contribution in [3.63, 3.8) is 0 Å². The Hall–Kier alpha value is -3.69. The zero-order valence-electron chi connectivity index (χ0n) is 17.2. The molecule has 0 saturated carbocycles. The van der Waals surface area contributed by atoms with Crippen LogP contribution in [0.4, 0.5) is 10.1 Å². The van der Waals surface area contributed by atoms with E-state index in [9.17, 15) is 14.4 Å². The molecule has 0 saturated heterocycles. The molecule has 0 amide bonds. The second-order valence-electron chi connectivity index (χ2n) is 8.01. The highest BCUT2D eigenvalue weighted by molar-refractivity contribution is 7.08. The summed E-state index contributed by atoms with van der Waals surface area (Å²) < 4.78 is 13.6. The van der Waals surface area contributed by atoms with Crippen LogP contribution in [0, 0.1) is 17.1 Å². The molecule has 1 aromatic heterocycles. The molecule has 6 heteroatoms. The summed E-state index contributed by atoms with van der Waals surface area (Å²) in [6, 6.07) is 20.1. The van der Waals surface area contributed by atoms with Crippen molar-refractivity contribution in [1.82, 2.24) is 0 Å². The number of nitriles is 1. The van der Waals surface area contributed by atoms with Gasteiger partial charge in [0.2, 0.25) is 0 Å². The normalized spacial score (nSPS) is 20.9. The highest BCUT2D eigenvalue weighted by Gasteiger charge is 2.42. The molecular weight excluding hydrogens is 421 g/mol. The smallest absolute Gasteiger partial charge is 0.162 e. The van der Waals surface area contributed by atoms with Gasteiger partial charge >= 0.3 is 0 Å². The zero-order valence-corrected chi connectivity index (χ0v) is 18.0. The first kappa shape index (κ1) is 20.2. The predicted octanol–water partition coefficient (Wildman–Crippen LogP) is 5.59. The molecule has 0 spiro atoms. The van der Waals surface area contributed by atoms with E-state index in [-0.39, 0.29) is 23.3 Å². The third-order valence-corrected chi connectivity index (χ3v) is 6.90. The number of ketones is 1. The summed E-state index contributed by atoms with van der Waals surface area (Å²) in [4.78, 5) is 15.4. The molecule has 4 nitrogen and oxygen atoms in total. The van der Waals surface area contributed by atoms with Crippen LogP contribution in [0.25, 0.3) is 0 Å². The minimum atomic E-state index is -0.484. The number of hydrogen-bond donors (Lipinski definition) is 1. The third-order valence-electron chi connectivity index (χ3n) is 6.20. The molecule has 3 aromatic rings. The first-order valence-electron chi connectivity index (χ1n) is 10.4. The molecule has 2 aromatic carbocycles. The number of carbonyl (C=O) groups is 1. The lowest BCUT2D eigenvalue weighted by Crippen LogP contribution is -2.40. The monoisotopic (exact) mass is 441 g/mol. The van der Waals surface area contributed by atoms with Crippen LogP contribution in [-0.2, 0) is 4.79 Å². The number of nitrogens with two attached hydrogens (primary N) is 1. The predicted molar refractivity (Wildman–Crippen MR) is 123 cm³/mol. The highest BCUT2D eigenvalue weighted by atomic mass is 32.1. The molecule has 32 heavy (non-hydrogen) atoms. The first-order chi connectivity index (χ1) is 15.6. The van der Waals surface area contributed by atoms with E-state index in [2.05, 4.69) is 6.07 Å². The van der Waals surface area contributed by atoms with E-state index < -0.39 is 5.92 Å². The second kappa shape index (κ2) is 8.10. The van der Waals surface area contributed by atoms with Gasteiger partial charge in [-0.3, -0.25) is 9.69 Å². The first-order valence-corrected chi connectivity index (χ1v) is 11.3. The number of halogens is 1. The number of rotatable bonds is 3. The number of anilines is 1. The molecular formula is C26H20FN3OS. The Morgan fingerprint density at radius 3 is 2.44 bits per heavy atom. The van der Waals surface area contributed by atoms with Crippen molar-refractivity contribution in [3.8, 4) is 6.07 Å². The van der Waals surface area contributed by atoms with E-state index in [1.165, 1.54) is 23.5 Å². The van der Waals surface area contributed by atoms with E-state index in [1.807, 2.05) is 47.2 Å². The third kappa shape index (κ3) is 3.31. The maximum Gasteiger partial charge on any atom is 0.162 e. The summed E-state index contributed by atoms with van der Waals surface area (Å²) in [6.45, 7) is 0. The number of Topliss-reactive ketones (excluding diaryl/α,β-unsaturated/α-hetero) is 1. The number of carbonyl (C=O) groups excluding carboxylic acids is 1. The molecule has 0 bridgehead atoms. The second-order valence-corrected chi connectivity index (χ2v) is 8.79. The van der Waals surface area contributed by atoms with Gasteiger partial charge in [-0.15, -0.1) is 0 Å². The lowest BCUT2D eigenvalue weighted by Gasteiger charge is -2.41. The molecule has 1 aliphatic heterocycles. The molecule has 2 N–H and O–H groups in total. The van der Waals surface area contributed by atoms with E-state index in [0.717, 1.165) is 16.8 Å². The van der Waals surface area contributed by atoms with Crippen molar-refractivity contribution in [2.45, 2.75) is 24.7 Å². The summed E-state index contributed by atoms with van der Waals surface area (Å²) >= 11 is 1.52. The van der Waals surface area contributed by atoms with Crippen molar-refractivity contribution in [2.75, 3.05) is 4.90 Å². The largest absolute Gasteiger partial charge is 0.384 e. The van der Waals surface area contributed by atoms with E-state index >= 15 is 0 Å². The molecule has 0 radical (unpaired) electrons. The summed E-state index contributed by atoms with van der Waals surface area (Å²) in [6.07, 6.45) is 0.974. The van der Waals surface area contributed by atoms with Gasteiger partial charge < -0.3 is 5.73 Å². The van der Waals surface area contributed by atoms with Crippen LogP contribution in [0.1, 0.15) is 35.8 Å². The summed E-state index contributed by atoms with van der Waals surface area (Å²) in [5.74, 6) is -0.535. The Labute approximate surface area is 189 Å². The van der Waals surface area contributed by atoms with Crippen molar-refractivity contribution in [3.05, 3.63) is 111 Å².